The maximum absolute atomic E-state index is 4.72. The van der Waals surface area contributed by atoms with E-state index in [0.717, 1.165) is 13.2 Å². The van der Waals surface area contributed by atoms with Gasteiger partial charge in [-0.3, -0.25) is 4.70 Å². The van der Waals surface area contributed by atoms with Gasteiger partial charge in [-0.1, -0.05) is 0 Å². The predicted molar refractivity (Wildman–Crippen MR) is 19.3 cm³/mol. The Bertz CT molecular complexity index is 20.4. The molecule has 2 nitrogen and oxygen atoms in total. The summed E-state index contributed by atoms with van der Waals surface area (Å²) in [5, 5.41) is 0. The van der Waals surface area contributed by atoms with E-state index in [2.05, 4.69) is 0 Å². The molecule has 0 amide bonds. The first kappa shape index (κ1) is 5.85. The molecule has 0 atom stereocenters. The fourth-order valence-corrected chi connectivity index (χ4v) is 0.295. The van der Waals surface area contributed by atoms with Crippen molar-refractivity contribution in [3.8, 4) is 0 Å². The lowest BCUT2D eigenvalue weighted by Crippen LogP contribution is -1.79. The summed E-state index contributed by atoms with van der Waals surface area (Å²) in [6, 6.07) is 0. The molecular weight excluding hydrogens is 87.0 g/mol. The fraction of sp³-hybridized carbons (Fsp3) is 1.00. The summed E-state index contributed by atoms with van der Waals surface area (Å²) in [5.74, 6) is 0. The molecule has 0 aromatic rings. The molecule has 0 bridgehead atoms. The molecule has 1 heterocycles. The van der Waals surface area contributed by atoms with E-state index in [-0.39, 0.29) is 4.70 Å². The molecule has 38 valence electrons. The number of rotatable bonds is 0. The highest BCUT2D eigenvalue weighted by molar-refractivity contribution is 4.28. The monoisotopic (exact) mass is 94.0 g/mol. The highest BCUT2D eigenvalue weighted by Gasteiger charge is 1.93. The minimum Gasteiger partial charge on any atom is -0.353 e. The van der Waals surface area contributed by atoms with Crippen LogP contribution < -0.4 is 0 Å². The van der Waals surface area contributed by atoms with Crippen molar-refractivity contribution >= 4 is 0 Å². The standard InChI is InChI=1S/C3H6O2.FH/c1-2-5-3-4-1;/h1-3H2;1H. The Labute approximate surface area is 35.4 Å². The first-order valence-corrected chi connectivity index (χ1v) is 1.65. The van der Waals surface area contributed by atoms with E-state index in [1.165, 1.54) is 0 Å². The van der Waals surface area contributed by atoms with Crippen molar-refractivity contribution in [2.45, 2.75) is 0 Å². The number of halogens is 1. The second-order valence-electron chi connectivity index (χ2n) is 0.934. The average molecular weight is 94.1 g/mol. The summed E-state index contributed by atoms with van der Waals surface area (Å²) in [4.78, 5) is 0. The highest BCUT2D eigenvalue weighted by Crippen LogP contribution is 1.85. The average Bonchev–Trinajstić information content (AvgIpc) is 1.76. The quantitative estimate of drug-likeness (QED) is 0.425. The summed E-state index contributed by atoms with van der Waals surface area (Å²) >= 11 is 0. The Balaban J connectivity index is 0.000000250. The Kier molecular flexibility index (Phi) is 2.98. The van der Waals surface area contributed by atoms with Gasteiger partial charge in [0.25, 0.3) is 0 Å². The number of hydrogen-bond donors (Lipinski definition) is 0. The summed E-state index contributed by atoms with van der Waals surface area (Å²) in [7, 11) is 0. The summed E-state index contributed by atoms with van der Waals surface area (Å²) < 4.78 is 9.44. The highest BCUT2D eigenvalue weighted by atomic mass is 19.0. The second kappa shape index (κ2) is 3.06. The lowest BCUT2D eigenvalue weighted by molar-refractivity contribution is 0.0692. The van der Waals surface area contributed by atoms with Crippen molar-refractivity contribution in [1.82, 2.24) is 0 Å². The molecule has 3 heteroatoms. The minimum atomic E-state index is 0. The van der Waals surface area contributed by atoms with E-state index in [9.17, 15) is 0 Å². The van der Waals surface area contributed by atoms with Gasteiger partial charge in [0.2, 0.25) is 0 Å². The molecule has 6 heavy (non-hydrogen) atoms. The first-order valence-electron chi connectivity index (χ1n) is 1.65. The Morgan fingerprint density at radius 3 is 1.67 bits per heavy atom. The maximum Gasteiger partial charge on any atom is 0.146 e. The van der Waals surface area contributed by atoms with Crippen LogP contribution in [0.25, 0.3) is 0 Å². The fourth-order valence-electron chi connectivity index (χ4n) is 0.295. The van der Waals surface area contributed by atoms with E-state index in [1.807, 2.05) is 0 Å². The van der Waals surface area contributed by atoms with E-state index < -0.39 is 0 Å². The van der Waals surface area contributed by atoms with Gasteiger partial charge < -0.3 is 9.47 Å². The van der Waals surface area contributed by atoms with Gasteiger partial charge in [-0.05, 0) is 0 Å². The third kappa shape index (κ3) is 1.33. The molecule has 1 aliphatic heterocycles. The lowest BCUT2D eigenvalue weighted by atomic mass is 10.8. The van der Waals surface area contributed by atoms with E-state index in [0.29, 0.717) is 6.79 Å². The summed E-state index contributed by atoms with van der Waals surface area (Å²) in [6.45, 7) is 2.06. The number of ether oxygens (including phenoxy) is 2. The lowest BCUT2D eigenvalue weighted by Gasteiger charge is -1.76. The van der Waals surface area contributed by atoms with Gasteiger partial charge >= 0.3 is 0 Å². The zero-order chi connectivity index (χ0) is 3.54. The third-order valence-corrected chi connectivity index (χ3v) is 0.539. The van der Waals surface area contributed by atoms with Crippen LogP contribution in [0.3, 0.4) is 0 Å². The van der Waals surface area contributed by atoms with Crippen molar-refractivity contribution in [1.29, 1.82) is 0 Å². The third-order valence-electron chi connectivity index (χ3n) is 0.539. The van der Waals surface area contributed by atoms with Crippen LogP contribution in [-0.4, -0.2) is 20.0 Å². The Hall–Kier alpha value is -0.150. The van der Waals surface area contributed by atoms with Crippen LogP contribution in [-0.2, 0) is 9.47 Å². The minimum absolute atomic E-state index is 0. The molecule has 0 N–H and O–H groups in total. The van der Waals surface area contributed by atoms with Gasteiger partial charge in [0.15, 0.2) is 0 Å². The van der Waals surface area contributed by atoms with Crippen LogP contribution >= 0.6 is 0 Å². The molecule has 0 saturated carbocycles. The molecule has 1 saturated heterocycles. The van der Waals surface area contributed by atoms with Crippen molar-refractivity contribution in [3.05, 3.63) is 0 Å². The molecular formula is C3H7FO2. The van der Waals surface area contributed by atoms with Gasteiger partial charge in [-0.25, -0.2) is 0 Å². The smallest absolute Gasteiger partial charge is 0.146 e. The molecule has 0 aliphatic carbocycles. The van der Waals surface area contributed by atoms with Crippen molar-refractivity contribution in [2.75, 3.05) is 20.0 Å². The van der Waals surface area contributed by atoms with Crippen molar-refractivity contribution in [3.63, 3.8) is 0 Å². The van der Waals surface area contributed by atoms with Gasteiger partial charge in [-0.2, -0.15) is 0 Å². The van der Waals surface area contributed by atoms with Gasteiger partial charge in [0, 0.05) is 0 Å². The van der Waals surface area contributed by atoms with Crippen LogP contribution in [0.4, 0.5) is 4.70 Å². The van der Waals surface area contributed by atoms with Crippen LogP contribution in [0.2, 0.25) is 0 Å². The van der Waals surface area contributed by atoms with E-state index in [4.69, 9.17) is 9.47 Å². The summed E-state index contributed by atoms with van der Waals surface area (Å²) in [5.41, 5.74) is 0. The van der Waals surface area contributed by atoms with E-state index in [1.54, 1.807) is 0 Å². The molecule has 0 spiro atoms. The number of hydrogen-bond acceptors (Lipinski definition) is 2. The molecule has 0 unspecified atom stereocenters. The largest absolute Gasteiger partial charge is 0.353 e. The molecule has 1 fully saturated rings. The topological polar surface area (TPSA) is 18.5 Å². The normalized spacial score (nSPS) is 20.0. The maximum atomic E-state index is 4.72. The van der Waals surface area contributed by atoms with Gasteiger partial charge in [0.1, 0.15) is 6.79 Å². The molecule has 0 aromatic carbocycles. The second-order valence-corrected chi connectivity index (χ2v) is 0.934. The molecule has 1 aliphatic rings. The van der Waals surface area contributed by atoms with E-state index >= 15 is 0 Å². The van der Waals surface area contributed by atoms with Crippen LogP contribution in [0, 0.1) is 0 Å². The first-order chi connectivity index (χ1) is 2.50. The Morgan fingerprint density at radius 2 is 1.50 bits per heavy atom. The zero-order valence-corrected chi connectivity index (χ0v) is 3.35. The van der Waals surface area contributed by atoms with Crippen LogP contribution in [0.5, 0.6) is 0 Å². The molecule has 0 aromatic heterocycles. The SMILES string of the molecule is C1COCO1.F. The van der Waals surface area contributed by atoms with Crippen LogP contribution in [0.1, 0.15) is 0 Å². The molecule has 1 rings (SSSR count). The predicted octanol–water partition coefficient (Wildman–Crippen LogP) is 0.143. The zero-order valence-electron chi connectivity index (χ0n) is 3.35. The van der Waals surface area contributed by atoms with Gasteiger partial charge in [-0.15, -0.1) is 0 Å². The van der Waals surface area contributed by atoms with Crippen LogP contribution in [0.15, 0.2) is 0 Å². The van der Waals surface area contributed by atoms with Gasteiger partial charge in [0.05, 0.1) is 13.2 Å². The summed E-state index contributed by atoms with van der Waals surface area (Å²) in [6.07, 6.45) is 0. The molecule has 0 radical (unpaired) electrons. The van der Waals surface area contributed by atoms with Crippen molar-refractivity contribution in [2.24, 2.45) is 0 Å². The van der Waals surface area contributed by atoms with Crippen molar-refractivity contribution < 1.29 is 14.2 Å². The Morgan fingerprint density at radius 1 is 1.00 bits per heavy atom.